The molecule has 250 valence electrons. The molecule has 0 aliphatic carbocycles. The molecule has 1 unspecified atom stereocenters. The van der Waals surface area contributed by atoms with E-state index in [-0.39, 0.29) is 48.6 Å². The number of hydrogen-bond donors (Lipinski definition) is 3. The van der Waals surface area contributed by atoms with E-state index in [1.165, 1.54) is 42.5 Å². The van der Waals surface area contributed by atoms with E-state index in [0.29, 0.717) is 30.5 Å². The van der Waals surface area contributed by atoms with Crippen molar-refractivity contribution in [3.8, 4) is 0 Å². The zero-order chi connectivity index (χ0) is 34.9. The molecule has 0 radical (unpaired) electrons. The Kier molecular flexibility index (Phi) is 10.8. The second kappa shape index (κ2) is 15.5. The normalized spacial score (nSPS) is 11.5. The molecule has 5 rings (SSSR count). The van der Waals surface area contributed by atoms with Crippen molar-refractivity contribution < 1.29 is 28.8 Å². The molecule has 0 spiro atoms. The number of likely N-dealkylation sites (N-methyl/N-ethyl adjacent to an activating group) is 1. The topological polar surface area (TPSA) is 185 Å². The number of pyridine rings is 1. The average Bonchev–Trinajstić information content (AvgIpc) is 3.44. The fraction of sp³-hybridized carbons (Fsp3) is 0.229. The van der Waals surface area contributed by atoms with Gasteiger partial charge in [0.25, 0.3) is 11.8 Å². The van der Waals surface area contributed by atoms with Crippen LogP contribution in [0.3, 0.4) is 0 Å². The van der Waals surface area contributed by atoms with Crippen molar-refractivity contribution in [2.45, 2.75) is 45.4 Å². The van der Waals surface area contributed by atoms with Gasteiger partial charge in [0, 0.05) is 59.6 Å². The van der Waals surface area contributed by atoms with E-state index in [0.717, 1.165) is 21.9 Å². The van der Waals surface area contributed by atoms with E-state index < -0.39 is 23.8 Å². The lowest BCUT2D eigenvalue weighted by Crippen LogP contribution is -2.47. The number of hydrogen-bond acceptors (Lipinski definition) is 9. The predicted octanol–water partition coefficient (Wildman–Crippen LogP) is 2.55. The van der Waals surface area contributed by atoms with Crippen LogP contribution >= 0.6 is 0 Å². The van der Waals surface area contributed by atoms with Crippen molar-refractivity contribution in [3.63, 3.8) is 0 Å². The Hall–Kier alpha value is -6.31. The maximum absolute atomic E-state index is 13.2. The minimum Gasteiger partial charge on any atom is -0.348 e. The maximum Gasteiger partial charge on any atom is 0.255 e. The Morgan fingerprint density at radius 3 is 2.41 bits per heavy atom. The van der Waals surface area contributed by atoms with Crippen LogP contribution in [0, 0.1) is 0 Å². The van der Waals surface area contributed by atoms with Gasteiger partial charge in [0.1, 0.15) is 24.1 Å². The van der Waals surface area contributed by atoms with Gasteiger partial charge in [-0.3, -0.25) is 34.1 Å². The molecule has 3 N–H and O–H groups in total. The quantitative estimate of drug-likeness (QED) is 0.150. The molecule has 14 heteroatoms. The molecule has 0 aliphatic rings. The highest BCUT2D eigenvalue weighted by atomic mass is 16.2. The second-order valence-corrected chi connectivity index (χ2v) is 11.2. The summed E-state index contributed by atoms with van der Waals surface area (Å²) in [6.07, 6.45) is 6.36. The molecule has 0 aliphatic heterocycles. The van der Waals surface area contributed by atoms with Crippen molar-refractivity contribution in [2.24, 2.45) is 0 Å². The molecule has 3 heterocycles. The number of aromatic nitrogens is 4. The molecular formula is C35H34N8O6. The number of para-hydroxylation sites is 1. The SMILES string of the molecule is CCCC(C(=O)NC=O)N(C)C(=O)c1ccc(C(=O)NCc2cnc(CNC(=O)Cn3c4ccccc4c4cccnc43)nc2)cc1C=O. The van der Waals surface area contributed by atoms with Gasteiger partial charge < -0.3 is 20.1 Å². The fourth-order valence-electron chi connectivity index (χ4n) is 5.51. The largest absolute Gasteiger partial charge is 0.348 e. The van der Waals surface area contributed by atoms with Crippen LogP contribution in [0.5, 0.6) is 0 Å². The summed E-state index contributed by atoms with van der Waals surface area (Å²) in [5, 5.41) is 9.62. The molecule has 49 heavy (non-hydrogen) atoms. The summed E-state index contributed by atoms with van der Waals surface area (Å²) >= 11 is 0. The second-order valence-electron chi connectivity index (χ2n) is 11.2. The van der Waals surface area contributed by atoms with Gasteiger partial charge in [-0.1, -0.05) is 31.5 Å². The first-order chi connectivity index (χ1) is 23.7. The Morgan fingerprint density at radius 2 is 1.67 bits per heavy atom. The zero-order valence-corrected chi connectivity index (χ0v) is 26.9. The number of nitrogens with zero attached hydrogens (tertiary/aromatic N) is 5. The van der Waals surface area contributed by atoms with E-state index in [1.807, 2.05) is 47.9 Å². The first-order valence-corrected chi connectivity index (χ1v) is 15.5. The van der Waals surface area contributed by atoms with Gasteiger partial charge in [-0.25, -0.2) is 15.0 Å². The van der Waals surface area contributed by atoms with Gasteiger partial charge in [0.05, 0.1) is 17.6 Å². The van der Waals surface area contributed by atoms with Crippen LogP contribution in [0.2, 0.25) is 0 Å². The van der Waals surface area contributed by atoms with Crippen molar-refractivity contribution in [3.05, 3.63) is 101 Å². The highest BCUT2D eigenvalue weighted by molar-refractivity contribution is 6.07. The summed E-state index contributed by atoms with van der Waals surface area (Å²) in [7, 11) is 1.41. The number of benzene rings is 2. The molecule has 3 aromatic heterocycles. The molecule has 0 saturated carbocycles. The van der Waals surface area contributed by atoms with Crippen LogP contribution in [-0.2, 0) is 34.0 Å². The van der Waals surface area contributed by atoms with E-state index in [4.69, 9.17) is 0 Å². The standard InChI is InChI=1S/C35H34N8O6/c1-3-7-29(34(48)41-21-45)42(2)35(49)25-12-11-23(14-24(25)20-44)33(47)40-17-22-15-37-30(38-16-22)18-39-31(46)19-43-28-10-5-4-8-26(28)27-9-6-13-36-32(27)43/h4-6,8-16,20-21,29H,3,7,17-19H2,1-2H3,(H,39,46)(H,40,47)(H,41,45,48). The minimum absolute atomic E-state index is 0.0110. The van der Waals surface area contributed by atoms with Crippen LogP contribution in [0.25, 0.3) is 21.9 Å². The Labute approximate surface area is 280 Å². The number of rotatable bonds is 14. The summed E-state index contributed by atoms with van der Waals surface area (Å²) in [4.78, 5) is 88.1. The smallest absolute Gasteiger partial charge is 0.255 e. The van der Waals surface area contributed by atoms with Gasteiger partial charge in [-0.2, -0.15) is 0 Å². The van der Waals surface area contributed by atoms with Gasteiger partial charge in [-0.15, -0.1) is 0 Å². The van der Waals surface area contributed by atoms with E-state index >= 15 is 0 Å². The highest BCUT2D eigenvalue weighted by Gasteiger charge is 2.28. The molecular weight excluding hydrogens is 628 g/mol. The lowest BCUT2D eigenvalue weighted by Gasteiger charge is -2.27. The average molecular weight is 663 g/mol. The molecule has 14 nitrogen and oxygen atoms in total. The number of fused-ring (bicyclic) bond motifs is 3. The fourth-order valence-corrected chi connectivity index (χ4v) is 5.51. The Morgan fingerprint density at radius 1 is 0.918 bits per heavy atom. The summed E-state index contributed by atoms with van der Waals surface area (Å²) in [5.74, 6) is -1.58. The molecule has 0 saturated heterocycles. The van der Waals surface area contributed by atoms with Crippen LogP contribution in [-0.4, -0.2) is 73.8 Å². The number of nitrogens with one attached hydrogen (secondary N) is 3. The molecule has 1 atom stereocenters. The molecule has 2 aromatic carbocycles. The molecule has 0 fully saturated rings. The lowest BCUT2D eigenvalue weighted by molar-refractivity contribution is -0.129. The molecule has 5 aromatic rings. The van der Waals surface area contributed by atoms with Crippen LogP contribution in [0.4, 0.5) is 0 Å². The first-order valence-electron chi connectivity index (χ1n) is 15.5. The lowest BCUT2D eigenvalue weighted by atomic mass is 10.0. The van der Waals surface area contributed by atoms with Gasteiger partial charge in [-0.05, 0) is 42.8 Å². The summed E-state index contributed by atoms with van der Waals surface area (Å²) < 4.78 is 1.87. The summed E-state index contributed by atoms with van der Waals surface area (Å²) in [5.41, 5.74) is 2.35. The number of carbonyl (C=O) groups is 6. The maximum atomic E-state index is 13.2. The van der Waals surface area contributed by atoms with Crippen LogP contribution in [0.15, 0.2) is 73.2 Å². The number of carbonyl (C=O) groups excluding carboxylic acids is 6. The predicted molar refractivity (Wildman–Crippen MR) is 179 cm³/mol. The third-order valence-corrected chi connectivity index (χ3v) is 8.01. The van der Waals surface area contributed by atoms with Crippen LogP contribution < -0.4 is 16.0 Å². The van der Waals surface area contributed by atoms with Crippen molar-refractivity contribution in [2.75, 3.05) is 7.05 Å². The van der Waals surface area contributed by atoms with Gasteiger partial charge in [0.2, 0.25) is 18.2 Å². The summed E-state index contributed by atoms with van der Waals surface area (Å²) in [6.45, 7) is 2.08. The van der Waals surface area contributed by atoms with Crippen molar-refractivity contribution >= 4 is 58.3 Å². The minimum atomic E-state index is -0.918. The van der Waals surface area contributed by atoms with E-state index in [1.54, 1.807) is 6.20 Å². The van der Waals surface area contributed by atoms with Crippen LogP contribution in [0.1, 0.15) is 62.2 Å². The number of imide groups is 1. The first kappa shape index (κ1) is 34.0. The molecule has 0 bridgehead atoms. The zero-order valence-electron chi connectivity index (χ0n) is 26.9. The monoisotopic (exact) mass is 662 g/mol. The van der Waals surface area contributed by atoms with Gasteiger partial charge in [0.15, 0.2) is 6.29 Å². The van der Waals surface area contributed by atoms with Crippen molar-refractivity contribution in [1.29, 1.82) is 0 Å². The number of aldehydes is 1. The van der Waals surface area contributed by atoms with E-state index in [2.05, 4.69) is 30.9 Å². The Balaban J connectivity index is 1.16. The Bertz CT molecular complexity index is 1990. The van der Waals surface area contributed by atoms with Gasteiger partial charge >= 0.3 is 0 Å². The van der Waals surface area contributed by atoms with Crippen molar-refractivity contribution in [1.82, 2.24) is 40.4 Å². The number of amides is 5. The summed E-state index contributed by atoms with van der Waals surface area (Å²) in [6, 6.07) is 14.8. The third kappa shape index (κ3) is 7.64. The van der Waals surface area contributed by atoms with E-state index in [9.17, 15) is 28.8 Å². The highest BCUT2D eigenvalue weighted by Crippen LogP contribution is 2.27. The third-order valence-electron chi connectivity index (χ3n) is 8.01. The molecule has 5 amide bonds.